The quantitative estimate of drug-likeness (QED) is 0.887. The number of hydrogen-bond acceptors (Lipinski definition) is 3. The molecule has 20 heavy (non-hydrogen) atoms. The Hall–Kier alpha value is -1.36. The molecule has 1 aliphatic rings. The van der Waals surface area contributed by atoms with Crippen LogP contribution in [0.1, 0.15) is 18.1 Å². The number of aromatic nitrogens is 1. The van der Waals surface area contributed by atoms with Crippen LogP contribution in [0.3, 0.4) is 0 Å². The summed E-state index contributed by atoms with van der Waals surface area (Å²) in [5, 5.41) is 4.78. The first kappa shape index (κ1) is 13.6. The minimum absolute atomic E-state index is 0.611. The van der Waals surface area contributed by atoms with Crippen LogP contribution >= 0.6 is 0 Å². The molecule has 2 aromatic rings. The van der Waals surface area contributed by atoms with Gasteiger partial charge in [0.25, 0.3) is 0 Å². The summed E-state index contributed by atoms with van der Waals surface area (Å²) in [7, 11) is 0. The Labute approximate surface area is 120 Å². The number of piperazine rings is 1. The van der Waals surface area contributed by atoms with Crippen molar-refractivity contribution < 1.29 is 0 Å². The molecule has 2 heterocycles. The Morgan fingerprint density at radius 2 is 2.05 bits per heavy atom. The number of nitrogens with two attached hydrogens (primary N) is 1. The highest BCUT2D eigenvalue weighted by Crippen LogP contribution is 2.24. The van der Waals surface area contributed by atoms with E-state index in [9.17, 15) is 0 Å². The van der Waals surface area contributed by atoms with Crippen molar-refractivity contribution >= 4 is 10.9 Å². The molecule has 0 saturated carbocycles. The topological polar surface area (TPSA) is 46.2 Å². The van der Waals surface area contributed by atoms with Gasteiger partial charge < -0.3 is 15.6 Å². The highest BCUT2D eigenvalue weighted by molar-refractivity contribution is 5.84. The fourth-order valence-corrected chi connectivity index (χ4v) is 3.04. The van der Waals surface area contributed by atoms with Gasteiger partial charge in [-0.15, -0.1) is 0 Å². The van der Waals surface area contributed by atoms with Gasteiger partial charge in [0.15, 0.2) is 0 Å². The third-order valence-electron chi connectivity index (χ3n) is 4.21. The first-order chi connectivity index (χ1) is 9.81. The number of nitrogens with zero attached hydrogens (tertiary/aromatic N) is 2. The Morgan fingerprint density at radius 1 is 1.25 bits per heavy atom. The Kier molecular flexibility index (Phi) is 4.05. The molecule has 1 fully saturated rings. The number of nitrogens with one attached hydrogen (secondary N) is 1. The maximum Gasteiger partial charge on any atom is 0.0483 e. The molecular weight excluding hydrogens is 248 g/mol. The maximum absolute atomic E-state index is 5.79. The second-order valence-corrected chi connectivity index (χ2v) is 5.52. The summed E-state index contributed by atoms with van der Waals surface area (Å²) in [6.07, 6.45) is 2.31. The lowest BCUT2D eigenvalue weighted by atomic mass is 10.1. The molecule has 108 valence electrons. The molecule has 1 aromatic heterocycles. The van der Waals surface area contributed by atoms with E-state index >= 15 is 0 Å². The SMILES string of the molecule is CCn1cc(CN2CCNCC2)c2cc(CN)ccc21. The predicted molar refractivity (Wildman–Crippen MR) is 83.7 cm³/mol. The van der Waals surface area contributed by atoms with Crippen LogP contribution in [-0.4, -0.2) is 35.6 Å². The number of benzene rings is 1. The summed E-state index contributed by atoms with van der Waals surface area (Å²) in [6, 6.07) is 6.62. The van der Waals surface area contributed by atoms with Gasteiger partial charge in [0.05, 0.1) is 0 Å². The third-order valence-corrected chi connectivity index (χ3v) is 4.21. The largest absolute Gasteiger partial charge is 0.347 e. The van der Waals surface area contributed by atoms with Crippen molar-refractivity contribution in [3.8, 4) is 0 Å². The van der Waals surface area contributed by atoms with E-state index in [2.05, 4.69) is 46.1 Å². The van der Waals surface area contributed by atoms with Crippen LogP contribution in [0.15, 0.2) is 24.4 Å². The van der Waals surface area contributed by atoms with Crippen molar-refractivity contribution in [2.75, 3.05) is 26.2 Å². The monoisotopic (exact) mass is 272 g/mol. The van der Waals surface area contributed by atoms with Gasteiger partial charge in [0.2, 0.25) is 0 Å². The summed E-state index contributed by atoms with van der Waals surface area (Å²) in [5.41, 5.74) is 9.76. The van der Waals surface area contributed by atoms with Gasteiger partial charge in [0.1, 0.15) is 0 Å². The second kappa shape index (κ2) is 5.95. The van der Waals surface area contributed by atoms with E-state index < -0.39 is 0 Å². The minimum Gasteiger partial charge on any atom is -0.347 e. The zero-order valence-corrected chi connectivity index (χ0v) is 12.2. The average Bonchev–Trinajstić information content (AvgIpc) is 2.85. The molecule has 3 rings (SSSR count). The minimum atomic E-state index is 0.611. The molecule has 0 aliphatic carbocycles. The first-order valence-corrected chi connectivity index (χ1v) is 7.55. The van der Waals surface area contributed by atoms with Crippen LogP contribution < -0.4 is 11.1 Å². The molecule has 0 bridgehead atoms. The molecule has 0 radical (unpaired) electrons. The van der Waals surface area contributed by atoms with Crippen LogP contribution in [0, 0.1) is 0 Å². The van der Waals surface area contributed by atoms with E-state index in [0.717, 1.165) is 39.3 Å². The van der Waals surface area contributed by atoms with Gasteiger partial charge in [-0.3, -0.25) is 4.90 Å². The normalized spacial score (nSPS) is 16.9. The second-order valence-electron chi connectivity index (χ2n) is 5.52. The van der Waals surface area contributed by atoms with E-state index in [-0.39, 0.29) is 0 Å². The van der Waals surface area contributed by atoms with Crippen LogP contribution in [-0.2, 0) is 19.6 Å². The molecule has 1 aliphatic heterocycles. The molecule has 0 amide bonds. The number of fused-ring (bicyclic) bond motifs is 1. The van der Waals surface area contributed by atoms with Crippen LogP contribution in [0.2, 0.25) is 0 Å². The number of hydrogen-bond donors (Lipinski definition) is 2. The molecule has 4 heteroatoms. The first-order valence-electron chi connectivity index (χ1n) is 7.55. The van der Waals surface area contributed by atoms with Crippen LogP contribution in [0.5, 0.6) is 0 Å². The van der Waals surface area contributed by atoms with Gasteiger partial charge in [0, 0.05) is 62.9 Å². The molecule has 4 nitrogen and oxygen atoms in total. The Bertz CT molecular complexity index is 581. The molecular formula is C16H24N4. The number of aryl methyl sites for hydroxylation is 1. The number of rotatable bonds is 4. The van der Waals surface area contributed by atoms with Gasteiger partial charge in [-0.1, -0.05) is 6.07 Å². The fraction of sp³-hybridized carbons (Fsp3) is 0.500. The summed E-state index contributed by atoms with van der Waals surface area (Å²) in [5.74, 6) is 0. The van der Waals surface area contributed by atoms with Crippen molar-refractivity contribution in [3.63, 3.8) is 0 Å². The van der Waals surface area contributed by atoms with Crippen molar-refractivity contribution in [2.24, 2.45) is 5.73 Å². The van der Waals surface area contributed by atoms with E-state index in [0.29, 0.717) is 6.54 Å². The average molecular weight is 272 g/mol. The maximum atomic E-state index is 5.79. The molecule has 3 N–H and O–H groups in total. The van der Waals surface area contributed by atoms with Crippen LogP contribution in [0.4, 0.5) is 0 Å². The van der Waals surface area contributed by atoms with Crippen LogP contribution in [0.25, 0.3) is 10.9 Å². The molecule has 0 atom stereocenters. The van der Waals surface area contributed by atoms with Gasteiger partial charge in [-0.25, -0.2) is 0 Å². The van der Waals surface area contributed by atoms with Crippen molar-refractivity contribution in [2.45, 2.75) is 26.6 Å². The van der Waals surface area contributed by atoms with E-state index in [4.69, 9.17) is 5.73 Å². The molecule has 1 aromatic carbocycles. The van der Waals surface area contributed by atoms with E-state index in [1.165, 1.54) is 22.0 Å². The van der Waals surface area contributed by atoms with Gasteiger partial charge in [-0.05, 0) is 30.2 Å². The lowest BCUT2D eigenvalue weighted by Gasteiger charge is -2.26. The zero-order chi connectivity index (χ0) is 13.9. The molecule has 0 spiro atoms. The molecule has 1 saturated heterocycles. The Balaban J connectivity index is 1.95. The predicted octanol–water partition coefficient (Wildman–Crippen LogP) is 1.53. The van der Waals surface area contributed by atoms with Gasteiger partial charge >= 0.3 is 0 Å². The zero-order valence-electron chi connectivity index (χ0n) is 12.2. The Morgan fingerprint density at radius 3 is 2.75 bits per heavy atom. The summed E-state index contributed by atoms with van der Waals surface area (Å²) in [6.45, 7) is 9.33. The van der Waals surface area contributed by atoms with Gasteiger partial charge in [-0.2, -0.15) is 0 Å². The standard InChI is InChI=1S/C16H24N4/c1-2-20-12-14(11-19-7-5-18-6-8-19)15-9-13(10-17)3-4-16(15)20/h3-4,9,12,18H,2,5-8,10-11,17H2,1H3. The van der Waals surface area contributed by atoms with Crippen molar-refractivity contribution in [1.82, 2.24) is 14.8 Å². The lowest BCUT2D eigenvalue weighted by molar-refractivity contribution is 0.234. The lowest BCUT2D eigenvalue weighted by Crippen LogP contribution is -2.42. The summed E-state index contributed by atoms with van der Waals surface area (Å²) < 4.78 is 2.34. The van der Waals surface area contributed by atoms with Crippen molar-refractivity contribution in [3.05, 3.63) is 35.5 Å². The van der Waals surface area contributed by atoms with E-state index in [1.807, 2.05) is 0 Å². The van der Waals surface area contributed by atoms with E-state index in [1.54, 1.807) is 0 Å². The fourth-order valence-electron chi connectivity index (χ4n) is 3.04. The summed E-state index contributed by atoms with van der Waals surface area (Å²) in [4.78, 5) is 2.53. The highest BCUT2D eigenvalue weighted by Gasteiger charge is 2.14. The third kappa shape index (κ3) is 2.59. The smallest absolute Gasteiger partial charge is 0.0483 e. The molecule has 0 unspecified atom stereocenters. The summed E-state index contributed by atoms with van der Waals surface area (Å²) >= 11 is 0. The van der Waals surface area contributed by atoms with Crippen molar-refractivity contribution in [1.29, 1.82) is 0 Å². The highest BCUT2D eigenvalue weighted by atomic mass is 15.2.